The van der Waals surface area contributed by atoms with Crippen molar-refractivity contribution in [3.63, 3.8) is 0 Å². The molecule has 0 spiro atoms. The maximum atomic E-state index is 5.83. The van der Waals surface area contributed by atoms with Crippen LogP contribution < -0.4 is 10.1 Å². The van der Waals surface area contributed by atoms with E-state index in [1.807, 2.05) is 6.20 Å². The SMILES string of the molecule is CCCNC(Cc1cc(Br)cc2c1OCC2)c1cnns1. The quantitative estimate of drug-likeness (QED) is 0.848. The lowest BCUT2D eigenvalue weighted by atomic mass is 10.0. The van der Waals surface area contributed by atoms with Gasteiger partial charge in [0, 0.05) is 16.9 Å². The largest absolute Gasteiger partial charge is 0.493 e. The molecule has 0 saturated heterocycles. The lowest BCUT2D eigenvalue weighted by molar-refractivity contribution is 0.351. The summed E-state index contributed by atoms with van der Waals surface area (Å²) < 4.78 is 10.9. The Kier molecular flexibility index (Phi) is 4.87. The minimum Gasteiger partial charge on any atom is -0.493 e. The van der Waals surface area contributed by atoms with E-state index in [0.717, 1.165) is 42.6 Å². The summed E-state index contributed by atoms with van der Waals surface area (Å²) in [7, 11) is 0. The van der Waals surface area contributed by atoms with Crippen LogP contribution >= 0.6 is 27.5 Å². The van der Waals surface area contributed by atoms with Gasteiger partial charge in [0.15, 0.2) is 0 Å². The first-order valence-corrected chi connectivity index (χ1v) is 8.79. The molecule has 0 aliphatic carbocycles. The number of hydrogen-bond acceptors (Lipinski definition) is 5. The van der Waals surface area contributed by atoms with E-state index in [1.165, 1.54) is 27.5 Å². The van der Waals surface area contributed by atoms with Gasteiger partial charge in [0.05, 0.1) is 17.7 Å². The van der Waals surface area contributed by atoms with Gasteiger partial charge >= 0.3 is 0 Å². The summed E-state index contributed by atoms with van der Waals surface area (Å²) in [6.07, 6.45) is 4.86. The van der Waals surface area contributed by atoms with Gasteiger partial charge in [-0.05, 0) is 54.2 Å². The second-order valence-corrected chi connectivity index (χ2v) is 6.92. The van der Waals surface area contributed by atoms with Crippen molar-refractivity contribution in [3.8, 4) is 5.75 Å². The van der Waals surface area contributed by atoms with Crippen LogP contribution in [0, 0.1) is 0 Å². The maximum absolute atomic E-state index is 5.83. The Labute approximate surface area is 137 Å². The van der Waals surface area contributed by atoms with E-state index in [1.54, 1.807) is 0 Å². The summed E-state index contributed by atoms with van der Waals surface area (Å²) in [5, 5.41) is 7.56. The molecule has 1 aliphatic rings. The number of benzene rings is 1. The predicted octanol–water partition coefficient (Wildman–Crippen LogP) is 3.52. The molecule has 1 aliphatic heterocycles. The molecule has 112 valence electrons. The van der Waals surface area contributed by atoms with Gasteiger partial charge in [-0.25, -0.2) is 0 Å². The number of aromatic nitrogens is 2. The topological polar surface area (TPSA) is 47.0 Å². The van der Waals surface area contributed by atoms with Crippen LogP contribution in [-0.2, 0) is 12.8 Å². The van der Waals surface area contributed by atoms with E-state index < -0.39 is 0 Å². The molecule has 21 heavy (non-hydrogen) atoms. The summed E-state index contributed by atoms with van der Waals surface area (Å²) in [6, 6.07) is 4.57. The Bertz CT molecular complexity index is 603. The Morgan fingerprint density at radius 2 is 2.38 bits per heavy atom. The number of nitrogens with one attached hydrogen (secondary N) is 1. The van der Waals surface area contributed by atoms with Crippen molar-refractivity contribution in [1.29, 1.82) is 0 Å². The number of ether oxygens (including phenoxy) is 1. The van der Waals surface area contributed by atoms with Crippen molar-refractivity contribution in [1.82, 2.24) is 14.9 Å². The smallest absolute Gasteiger partial charge is 0.125 e. The second kappa shape index (κ2) is 6.85. The Hall–Kier alpha value is -0.980. The van der Waals surface area contributed by atoms with E-state index in [2.05, 4.69) is 49.9 Å². The zero-order valence-corrected chi connectivity index (χ0v) is 14.3. The summed E-state index contributed by atoms with van der Waals surface area (Å²) in [5.41, 5.74) is 2.55. The van der Waals surface area contributed by atoms with Crippen LogP contribution in [0.3, 0.4) is 0 Å². The summed E-state index contributed by atoms with van der Waals surface area (Å²) in [6.45, 7) is 3.95. The fourth-order valence-corrected chi connectivity index (χ4v) is 3.77. The predicted molar refractivity (Wildman–Crippen MR) is 88.0 cm³/mol. The first-order valence-electron chi connectivity index (χ1n) is 7.22. The Balaban J connectivity index is 1.86. The zero-order chi connectivity index (χ0) is 14.7. The number of halogens is 1. The molecule has 1 N–H and O–H groups in total. The van der Waals surface area contributed by atoms with Crippen LogP contribution in [0.5, 0.6) is 5.75 Å². The van der Waals surface area contributed by atoms with Crippen LogP contribution in [0.2, 0.25) is 0 Å². The van der Waals surface area contributed by atoms with Crippen molar-refractivity contribution in [2.75, 3.05) is 13.2 Å². The van der Waals surface area contributed by atoms with Gasteiger partial charge in [-0.3, -0.25) is 0 Å². The van der Waals surface area contributed by atoms with Gasteiger partial charge in [-0.2, -0.15) is 0 Å². The molecule has 0 saturated carbocycles. The van der Waals surface area contributed by atoms with E-state index in [-0.39, 0.29) is 6.04 Å². The fraction of sp³-hybridized carbons (Fsp3) is 0.467. The normalized spacial score (nSPS) is 14.8. The monoisotopic (exact) mass is 367 g/mol. The van der Waals surface area contributed by atoms with E-state index in [0.29, 0.717) is 0 Å². The van der Waals surface area contributed by atoms with Gasteiger partial charge in [-0.15, -0.1) is 5.10 Å². The minimum absolute atomic E-state index is 0.243. The van der Waals surface area contributed by atoms with E-state index >= 15 is 0 Å². The third-order valence-corrected chi connectivity index (χ3v) is 4.85. The summed E-state index contributed by atoms with van der Waals surface area (Å²) >= 11 is 5.07. The molecule has 6 heteroatoms. The number of fused-ring (bicyclic) bond motifs is 1. The van der Waals surface area contributed by atoms with Gasteiger partial charge in [0.2, 0.25) is 0 Å². The maximum Gasteiger partial charge on any atom is 0.125 e. The molecule has 0 radical (unpaired) electrons. The third kappa shape index (κ3) is 3.44. The molecule has 4 nitrogen and oxygen atoms in total. The molecule has 1 aromatic carbocycles. The highest BCUT2D eigenvalue weighted by molar-refractivity contribution is 9.10. The molecule has 1 atom stereocenters. The van der Waals surface area contributed by atoms with Crippen molar-refractivity contribution < 1.29 is 4.74 Å². The standard InChI is InChI=1S/C15H18BrN3OS/c1-2-4-17-13(14-9-18-19-21-14)8-11-7-12(16)6-10-3-5-20-15(10)11/h6-7,9,13,17H,2-5,8H2,1H3. The lowest BCUT2D eigenvalue weighted by Gasteiger charge is -2.18. The van der Waals surface area contributed by atoms with Crippen LogP contribution in [0.25, 0.3) is 0 Å². The van der Waals surface area contributed by atoms with Crippen LogP contribution in [0.15, 0.2) is 22.8 Å². The van der Waals surface area contributed by atoms with E-state index in [9.17, 15) is 0 Å². The van der Waals surface area contributed by atoms with Gasteiger partial charge in [0.1, 0.15) is 5.75 Å². The molecule has 1 unspecified atom stereocenters. The molecule has 2 aromatic rings. The molecular weight excluding hydrogens is 350 g/mol. The second-order valence-electron chi connectivity index (χ2n) is 5.18. The highest BCUT2D eigenvalue weighted by atomic mass is 79.9. The van der Waals surface area contributed by atoms with Crippen molar-refractivity contribution in [3.05, 3.63) is 38.8 Å². The number of hydrogen-bond donors (Lipinski definition) is 1. The summed E-state index contributed by atoms with van der Waals surface area (Å²) in [4.78, 5) is 1.18. The van der Waals surface area contributed by atoms with Gasteiger partial charge < -0.3 is 10.1 Å². The Morgan fingerprint density at radius 1 is 1.48 bits per heavy atom. The first kappa shape index (κ1) is 14.9. The third-order valence-electron chi connectivity index (χ3n) is 3.61. The fourth-order valence-electron chi connectivity index (χ4n) is 2.64. The van der Waals surface area contributed by atoms with E-state index in [4.69, 9.17) is 4.74 Å². The average molecular weight is 368 g/mol. The molecule has 0 amide bonds. The molecular formula is C15H18BrN3OS. The highest BCUT2D eigenvalue weighted by Crippen LogP contribution is 2.35. The van der Waals surface area contributed by atoms with Gasteiger partial charge in [-0.1, -0.05) is 27.3 Å². The Morgan fingerprint density at radius 3 is 3.14 bits per heavy atom. The van der Waals surface area contributed by atoms with Crippen molar-refractivity contribution in [2.45, 2.75) is 32.2 Å². The highest BCUT2D eigenvalue weighted by Gasteiger charge is 2.21. The van der Waals surface area contributed by atoms with Crippen LogP contribution in [0.1, 0.15) is 35.4 Å². The first-order chi connectivity index (χ1) is 10.3. The van der Waals surface area contributed by atoms with Crippen molar-refractivity contribution >= 4 is 27.5 Å². The minimum atomic E-state index is 0.243. The zero-order valence-electron chi connectivity index (χ0n) is 11.9. The van der Waals surface area contributed by atoms with Gasteiger partial charge in [0.25, 0.3) is 0 Å². The molecule has 0 fully saturated rings. The molecule has 0 bridgehead atoms. The molecule has 1 aromatic heterocycles. The van der Waals surface area contributed by atoms with Crippen LogP contribution in [0.4, 0.5) is 0 Å². The molecule has 3 rings (SSSR count). The van der Waals surface area contributed by atoms with Crippen molar-refractivity contribution in [2.24, 2.45) is 0 Å². The number of nitrogens with zero attached hydrogens (tertiary/aromatic N) is 2. The number of rotatable bonds is 6. The molecule has 2 heterocycles. The van der Waals surface area contributed by atoms with Crippen LogP contribution in [-0.4, -0.2) is 22.7 Å². The average Bonchev–Trinajstić information content (AvgIpc) is 3.13. The lowest BCUT2D eigenvalue weighted by Crippen LogP contribution is -2.23. The summed E-state index contributed by atoms with van der Waals surface area (Å²) in [5.74, 6) is 1.07.